The molecule has 0 atom stereocenters. The maximum Gasteiger partial charge on any atom is -0.0358 e. The van der Waals surface area contributed by atoms with E-state index in [1.807, 2.05) is 0 Å². The van der Waals surface area contributed by atoms with Crippen molar-refractivity contribution in [3.63, 3.8) is 0 Å². The lowest BCUT2D eigenvalue weighted by Crippen LogP contribution is -1.58. The Kier molecular flexibility index (Phi) is 1.37. The molecule has 0 aromatic heterocycles. The molecule has 0 unspecified atom stereocenters. The fraction of sp³-hybridized carbons (Fsp3) is 0.800. The van der Waals surface area contributed by atoms with E-state index in [4.69, 9.17) is 0 Å². The zero-order chi connectivity index (χ0) is 4.41. The zero-order valence-electron chi connectivity index (χ0n) is 4.04. The summed E-state index contributed by atoms with van der Waals surface area (Å²) in [5.41, 5.74) is 0. The molecule has 0 nitrogen and oxygen atoms in total. The molecule has 1 heterocycles. The van der Waals surface area contributed by atoms with E-state index in [2.05, 4.69) is 6.30 Å². The fourth-order valence-electron chi connectivity index (χ4n) is 0.875. The second-order valence-corrected chi connectivity index (χ2v) is 4.46. The molecule has 0 bridgehead atoms. The Morgan fingerprint density at radius 3 is 1.83 bits per heavy atom. The summed E-state index contributed by atoms with van der Waals surface area (Å²) in [6.45, 7) is 0. The Bertz CT molecular complexity index is 58.3. The van der Waals surface area contributed by atoms with Gasteiger partial charge in [-0.3, -0.25) is 0 Å². The van der Waals surface area contributed by atoms with Crippen molar-refractivity contribution in [2.24, 2.45) is 0 Å². The van der Waals surface area contributed by atoms with Gasteiger partial charge in [0.2, 0.25) is 0 Å². The third-order valence-electron chi connectivity index (χ3n) is 1.31. The van der Waals surface area contributed by atoms with Gasteiger partial charge in [-0.25, -0.2) is 0 Å². The molecular weight excluding hydrogens is 91.0 g/mol. The van der Waals surface area contributed by atoms with Crippen LogP contribution in [0, 0.1) is 0 Å². The highest BCUT2D eigenvalue weighted by molar-refractivity contribution is 7.56. The minimum absolute atomic E-state index is 0.00720. The highest BCUT2D eigenvalue weighted by atomic mass is 31.1. The summed E-state index contributed by atoms with van der Waals surface area (Å²) in [5, 5.41) is 0. The van der Waals surface area contributed by atoms with Crippen molar-refractivity contribution in [3.8, 4) is 0 Å². The van der Waals surface area contributed by atoms with E-state index in [1.165, 1.54) is 25.2 Å². The van der Waals surface area contributed by atoms with Crippen LogP contribution in [0.4, 0.5) is 0 Å². The molecule has 1 aliphatic rings. The monoisotopic (exact) mass is 102 g/mol. The molecule has 0 amide bonds. The van der Waals surface area contributed by atoms with Gasteiger partial charge in [0, 0.05) is 0 Å². The molecule has 0 radical (unpaired) electrons. The lowest BCUT2D eigenvalue weighted by molar-refractivity contribution is 0.949. The molecule has 36 valence electrons. The summed E-state index contributed by atoms with van der Waals surface area (Å²) in [4.78, 5) is 0. The Hall–Kier alpha value is 0.300. The lowest BCUT2D eigenvalue weighted by atomic mass is 10.4. The van der Waals surface area contributed by atoms with E-state index >= 15 is 0 Å². The maximum absolute atomic E-state index is 4.04. The van der Waals surface area contributed by atoms with Gasteiger partial charge in [-0.15, -0.1) is 13.8 Å². The Morgan fingerprint density at radius 2 is 1.67 bits per heavy atom. The van der Waals surface area contributed by atoms with Crippen molar-refractivity contribution in [3.05, 3.63) is 0 Å². The summed E-state index contributed by atoms with van der Waals surface area (Å²) < 4.78 is 0. The van der Waals surface area contributed by atoms with Crippen LogP contribution in [0.1, 0.15) is 12.8 Å². The maximum atomic E-state index is 4.04. The number of rotatable bonds is 0. The Balaban J connectivity index is 2.37. The van der Waals surface area contributed by atoms with E-state index in [9.17, 15) is 0 Å². The lowest BCUT2D eigenvalue weighted by Gasteiger charge is -1.82. The first-order valence-corrected chi connectivity index (χ1v) is 4.68. The molecule has 0 aromatic carbocycles. The Morgan fingerprint density at radius 1 is 1.17 bits per heavy atom. The van der Waals surface area contributed by atoms with E-state index in [-0.39, 0.29) is 7.55 Å². The van der Waals surface area contributed by atoms with Gasteiger partial charge in [0.25, 0.3) is 0 Å². The summed E-state index contributed by atoms with van der Waals surface area (Å²) in [6, 6.07) is 0. The molecule has 1 fully saturated rings. The molecule has 0 saturated carbocycles. The van der Waals surface area contributed by atoms with Crippen LogP contribution >= 0.6 is 7.55 Å². The highest BCUT2D eigenvalue weighted by Gasteiger charge is 1.99. The molecule has 0 aromatic rings. The molecular formula is C5H11P. The molecule has 0 spiro atoms. The summed E-state index contributed by atoms with van der Waals surface area (Å²) in [5.74, 6) is 0. The molecule has 1 aliphatic heterocycles. The van der Waals surface area contributed by atoms with Gasteiger partial charge in [-0.2, -0.15) is 0 Å². The van der Waals surface area contributed by atoms with Crippen molar-refractivity contribution in [2.75, 3.05) is 12.3 Å². The summed E-state index contributed by atoms with van der Waals surface area (Å²) in [6.07, 6.45) is 9.93. The highest BCUT2D eigenvalue weighted by Crippen LogP contribution is 2.29. The number of hydrogen-bond acceptors (Lipinski definition) is 0. The van der Waals surface area contributed by atoms with Crippen LogP contribution in [0.3, 0.4) is 0 Å². The van der Waals surface area contributed by atoms with E-state index in [1.54, 1.807) is 0 Å². The van der Waals surface area contributed by atoms with Crippen LogP contribution < -0.4 is 0 Å². The SMILES string of the molecule is C=[PH]1CCCC1. The van der Waals surface area contributed by atoms with Gasteiger partial charge >= 0.3 is 0 Å². The quantitative estimate of drug-likeness (QED) is 0.406. The van der Waals surface area contributed by atoms with Crippen LogP contribution in [0.2, 0.25) is 0 Å². The van der Waals surface area contributed by atoms with Crippen LogP contribution in [0.15, 0.2) is 0 Å². The second kappa shape index (κ2) is 1.84. The van der Waals surface area contributed by atoms with Crippen LogP contribution in [-0.4, -0.2) is 18.6 Å². The molecule has 1 rings (SSSR count). The first-order valence-electron chi connectivity index (χ1n) is 2.56. The van der Waals surface area contributed by atoms with E-state index in [0.717, 1.165) is 0 Å². The van der Waals surface area contributed by atoms with Gasteiger partial charge in [-0.1, -0.05) is 0 Å². The third-order valence-corrected chi connectivity index (χ3v) is 3.43. The van der Waals surface area contributed by atoms with Crippen molar-refractivity contribution in [1.29, 1.82) is 0 Å². The fourth-order valence-corrected chi connectivity index (χ4v) is 2.62. The van der Waals surface area contributed by atoms with Gasteiger partial charge in [-0.05, 0) is 25.2 Å². The summed E-state index contributed by atoms with van der Waals surface area (Å²) in [7, 11) is -0.00720. The van der Waals surface area contributed by atoms with Crippen molar-refractivity contribution in [2.45, 2.75) is 12.8 Å². The molecule has 1 saturated heterocycles. The zero-order valence-corrected chi connectivity index (χ0v) is 5.04. The van der Waals surface area contributed by atoms with E-state index < -0.39 is 0 Å². The molecule has 6 heavy (non-hydrogen) atoms. The number of hydrogen-bond donors (Lipinski definition) is 0. The normalized spacial score (nSPS) is 25.3. The van der Waals surface area contributed by atoms with Gasteiger partial charge in [0.05, 0.1) is 0 Å². The van der Waals surface area contributed by atoms with Crippen molar-refractivity contribution >= 4 is 13.8 Å². The predicted octanol–water partition coefficient (Wildman–Crippen LogP) is 1.43. The van der Waals surface area contributed by atoms with Gasteiger partial charge in [0.15, 0.2) is 0 Å². The minimum Gasteiger partial charge on any atom is -0.125 e. The largest absolute Gasteiger partial charge is 0.125 e. The smallest absolute Gasteiger partial charge is 0.0358 e. The molecule has 0 N–H and O–H groups in total. The summed E-state index contributed by atoms with van der Waals surface area (Å²) >= 11 is 0. The topological polar surface area (TPSA) is 0 Å². The van der Waals surface area contributed by atoms with Crippen LogP contribution in [0.25, 0.3) is 0 Å². The minimum atomic E-state index is -0.00720. The van der Waals surface area contributed by atoms with Crippen molar-refractivity contribution < 1.29 is 0 Å². The average Bonchev–Trinajstić information content (AvgIpc) is 1.86. The van der Waals surface area contributed by atoms with Gasteiger partial charge < -0.3 is 0 Å². The average molecular weight is 102 g/mol. The van der Waals surface area contributed by atoms with Gasteiger partial charge in [0.1, 0.15) is 0 Å². The van der Waals surface area contributed by atoms with Crippen LogP contribution in [-0.2, 0) is 0 Å². The first kappa shape index (κ1) is 4.46. The predicted molar refractivity (Wildman–Crippen MR) is 34.4 cm³/mol. The second-order valence-electron chi connectivity index (χ2n) is 1.96. The third kappa shape index (κ3) is 0.879. The molecule has 0 aliphatic carbocycles. The van der Waals surface area contributed by atoms with Crippen LogP contribution in [0.5, 0.6) is 0 Å². The molecule has 1 heteroatoms. The Labute approximate surface area is 40.0 Å². The first-order chi connectivity index (χ1) is 2.89. The standard InChI is InChI=1S/C5H11P/c1-6-4-2-3-5-6/h6H,1-5H2. The van der Waals surface area contributed by atoms with Crippen molar-refractivity contribution in [1.82, 2.24) is 0 Å². The van der Waals surface area contributed by atoms with E-state index in [0.29, 0.717) is 0 Å².